The Morgan fingerprint density at radius 3 is 2.55 bits per heavy atom. The fraction of sp³-hybridized carbons (Fsp3) is 0.385. The van der Waals surface area contributed by atoms with E-state index in [1.54, 1.807) is 49.4 Å². The number of benzene rings is 2. The van der Waals surface area contributed by atoms with E-state index in [2.05, 4.69) is 4.99 Å². The molecule has 2 aliphatic heterocycles. The number of hydrogen-bond acceptors (Lipinski definition) is 6. The molecule has 2 aromatic carbocycles. The summed E-state index contributed by atoms with van der Waals surface area (Å²) in [5.74, 6) is -0.281. The van der Waals surface area contributed by atoms with Crippen molar-refractivity contribution in [2.24, 2.45) is 16.6 Å². The average Bonchev–Trinajstić information content (AvgIpc) is 3.01. The van der Waals surface area contributed by atoms with E-state index in [1.807, 2.05) is 6.92 Å². The van der Waals surface area contributed by atoms with Crippen LogP contribution in [0.2, 0.25) is 0 Å². The molecule has 2 heterocycles. The van der Waals surface area contributed by atoms with E-state index < -0.39 is 35.1 Å². The first-order valence-corrected chi connectivity index (χ1v) is 13.6. The Kier molecular flexibility index (Phi) is 7.96. The van der Waals surface area contributed by atoms with Gasteiger partial charge in [-0.15, -0.1) is 0 Å². The van der Waals surface area contributed by atoms with E-state index in [9.17, 15) is 26.4 Å². The van der Waals surface area contributed by atoms with Gasteiger partial charge >= 0.3 is 6.18 Å². The van der Waals surface area contributed by atoms with E-state index in [4.69, 9.17) is 10.6 Å². The Hall–Kier alpha value is -3.22. The molecule has 38 heavy (non-hydrogen) atoms. The minimum Gasteiger partial charge on any atom is -0.387 e. The zero-order valence-electron chi connectivity index (χ0n) is 21.0. The molecular formula is C26H29F3N4O4S. The standard InChI is InChI=1S/C26H29F3N4O4S/c1-3-37-33(10-9-26(27,28)29)25(34)21-11-20-8-7-19(13-23(20)31-24(30)14-21)18-5-4-6-22(12-18)38(35,36)32-15-17(2)16-32/h4-8,11-13,17H,3,9-10,14-16H2,1-2H3,(H2,30,31). The van der Waals surface area contributed by atoms with Gasteiger partial charge < -0.3 is 5.73 Å². The van der Waals surface area contributed by atoms with E-state index in [0.717, 1.165) is 0 Å². The number of nitrogens with zero attached hydrogens (tertiary/aromatic N) is 3. The Labute approximate surface area is 219 Å². The molecule has 0 atom stereocenters. The van der Waals surface area contributed by atoms with Crippen molar-refractivity contribution in [3.63, 3.8) is 0 Å². The lowest BCUT2D eigenvalue weighted by molar-refractivity contribution is -0.195. The van der Waals surface area contributed by atoms with Crippen LogP contribution < -0.4 is 5.73 Å². The third-order valence-electron chi connectivity index (χ3n) is 6.22. The molecule has 0 aromatic heterocycles. The molecular weight excluding hydrogens is 521 g/mol. The number of hydrogen-bond donors (Lipinski definition) is 1. The number of halogens is 3. The van der Waals surface area contributed by atoms with E-state index >= 15 is 0 Å². The highest BCUT2D eigenvalue weighted by molar-refractivity contribution is 7.89. The van der Waals surface area contributed by atoms with Gasteiger partial charge in [0, 0.05) is 30.6 Å². The molecule has 2 N–H and O–H groups in total. The Bertz CT molecular complexity index is 1380. The lowest BCUT2D eigenvalue weighted by Crippen LogP contribution is -2.48. The van der Waals surface area contributed by atoms with Crippen molar-refractivity contribution in [1.82, 2.24) is 9.37 Å². The highest BCUT2D eigenvalue weighted by Crippen LogP contribution is 2.34. The smallest absolute Gasteiger partial charge is 0.387 e. The number of hydroxylamine groups is 2. The third-order valence-corrected chi connectivity index (χ3v) is 8.04. The molecule has 0 bridgehead atoms. The molecule has 0 unspecified atom stereocenters. The fourth-order valence-corrected chi connectivity index (χ4v) is 6.03. The number of sulfonamides is 1. The van der Waals surface area contributed by atoms with Crippen molar-refractivity contribution in [3.8, 4) is 11.1 Å². The molecule has 0 saturated carbocycles. The molecule has 0 aliphatic carbocycles. The van der Waals surface area contributed by atoms with Gasteiger partial charge in [0.1, 0.15) is 5.84 Å². The number of carbonyl (C=O) groups excluding carboxylic acids is 1. The molecule has 204 valence electrons. The van der Waals surface area contributed by atoms with Crippen LogP contribution in [0.25, 0.3) is 17.2 Å². The van der Waals surface area contributed by atoms with Gasteiger partial charge in [0.15, 0.2) is 0 Å². The maximum absolute atomic E-state index is 13.0. The van der Waals surface area contributed by atoms with Crippen LogP contribution in [0, 0.1) is 5.92 Å². The Balaban J connectivity index is 1.62. The lowest BCUT2D eigenvalue weighted by Gasteiger charge is -2.35. The summed E-state index contributed by atoms with van der Waals surface area (Å²) in [5, 5.41) is 0.705. The van der Waals surface area contributed by atoms with Crippen LogP contribution in [0.1, 0.15) is 32.3 Å². The van der Waals surface area contributed by atoms with Gasteiger partial charge in [-0.2, -0.15) is 17.5 Å². The second-order valence-electron chi connectivity index (χ2n) is 9.37. The molecule has 2 aromatic rings. The van der Waals surface area contributed by atoms with Crippen LogP contribution in [-0.2, 0) is 19.7 Å². The number of nitrogens with two attached hydrogens (primary N) is 1. The van der Waals surface area contributed by atoms with Gasteiger partial charge in [0.25, 0.3) is 5.91 Å². The number of fused-ring (bicyclic) bond motifs is 1. The summed E-state index contributed by atoms with van der Waals surface area (Å²) in [5.41, 5.74) is 8.56. The lowest BCUT2D eigenvalue weighted by atomic mass is 10.0. The molecule has 1 saturated heterocycles. The molecule has 0 spiro atoms. The molecule has 12 heteroatoms. The van der Waals surface area contributed by atoms with Crippen LogP contribution >= 0.6 is 0 Å². The highest BCUT2D eigenvalue weighted by Gasteiger charge is 2.34. The largest absolute Gasteiger partial charge is 0.390 e. The maximum Gasteiger partial charge on any atom is 0.390 e. The van der Waals surface area contributed by atoms with Crippen molar-refractivity contribution in [1.29, 1.82) is 0 Å². The number of amidine groups is 1. The van der Waals surface area contributed by atoms with E-state index in [1.165, 1.54) is 10.4 Å². The Morgan fingerprint density at radius 1 is 1.18 bits per heavy atom. The predicted molar refractivity (Wildman–Crippen MR) is 138 cm³/mol. The van der Waals surface area contributed by atoms with Crippen molar-refractivity contribution >= 4 is 33.5 Å². The predicted octanol–water partition coefficient (Wildman–Crippen LogP) is 4.50. The Morgan fingerprint density at radius 2 is 1.89 bits per heavy atom. The zero-order valence-corrected chi connectivity index (χ0v) is 21.8. The van der Waals surface area contributed by atoms with Gasteiger partial charge in [0.2, 0.25) is 10.0 Å². The van der Waals surface area contributed by atoms with Crippen LogP contribution in [-0.4, -0.2) is 61.9 Å². The van der Waals surface area contributed by atoms with Gasteiger partial charge in [-0.3, -0.25) is 9.63 Å². The monoisotopic (exact) mass is 550 g/mol. The summed E-state index contributed by atoms with van der Waals surface area (Å²) >= 11 is 0. The molecule has 1 fully saturated rings. The highest BCUT2D eigenvalue weighted by atomic mass is 32.2. The van der Waals surface area contributed by atoms with Crippen molar-refractivity contribution < 1.29 is 31.2 Å². The van der Waals surface area contributed by atoms with E-state index in [-0.39, 0.29) is 29.3 Å². The molecule has 4 rings (SSSR count). The quantitative estimate of drug-likeness (QED) is 0.488. The summed E-state index contributed by atoms with van der Waals surface area (Å²) in [4.78, 5) is 22.8. The van der Waals surface area contributed by atoms with Crippen LogP contribution in [0.5, 0.6) is 0 Å². The van der Waals surface area contributed by atoms with Gasteiger partial charge in [0.05, 0.1) is 30.2 Å². The van der Waals surface area contributed by atoms with Crippen LogP contribution in [0.3, 0.4) is 0 Å². The van der Waals surface area contributed by atoms with Gasteiger partial charge in [-0.25, -0.2) is 18.5 Å². The minimum absolute atomic E-state index is 0.0198. The third kappa shape index (κ3) is 6.25. The van der Waals surface area contributed by atoms with Gasteiger partial charge in [-0.1, -0.05) is 31.2 Å². The van der Waals surface area contributed by atoms with Gasteiger partial charge in [-0.05, 0) is 48.2 Å². The zero-order chi connectivity index (χ0) is 27.7. The van der Waals surface area contributed by atoms with Crippen molar-refractivity contribution in [3.05, 3.63) is 53.6 Å². The normalized spacial score (nSPS) is 16.7. The second kappa shape index (κ2) is 10.9. The molecule has 1 amide bonds. The number of aliphatic imine (C=N–C) groups is 1. The molecule has 2 aliphatic rings. The molecule has 8 nitrogen and oxygen atoms in total. The number of carbonyl (C=O) groups is 1. The van der Waals surface area contributed by atoms with Crippen molar-refractivity contribution in [2.45, 2.75) is 37.8 Å². The first-order chi connectivity index (χ1) is 17.9. The maximum atomic E-state index is 13.0. The summed E-state index contributed by atoms with van der Waals surface area (Å²) in [6.07, 6.45) is -4.18. The topological polar surface area (TPSA) is 105 Å². The number of alkyl halides is 3. The van der Waals surface area contributed by atoms with Crippen LogP contribution in [0.4, 0.5) is 18.9 Å². The second-order valence-corrected chi connectivity index (χ2v) is 11.3. The van der Waals surface area contributed by atoms with E-state index in [0.29, 0.717) is 46.4 Å². The first-order valence-electron chi connectivity index (χ1n) is 12.2. The minimum atomic E-state index is -4.44. The number of rotatable bonds is 8. The molecule has 0 radical (unpaired) electrons. The van der Waals surface area contributed by atoms with Crippen LogP contribution in [0.15, 0.2) is 57.9 Å². The summed E-state index contributed by atoms with van der Waals surface area (Å²) in [7, 11) is -3.59. The summed E-state index contributed by atoms with van der Waals surface area (Å²) in [6, 6.07) is 11.8. The fourth-order valence-electron chi connectivity index (χ4n) is 4.30. The number of amides is 1. The van der Waals surface area contributed by atoms with Crippen molar-refractivity contribution in [2.75, 3.05) is 26.2 Å². The SMILES string of the molecule is CCON(CCC(F)(F)F)C(=O)C1=Cc2ccc(-c3cccc(S(=O)(=O)N4CC(C)C4)c3)cc2N=C(N)C1. The first kappa shape index (κ1) is 27.8. The summed E-state index contributed by atoms with van der Waals surface area (Å²) < 4.78 is 65.6. The average molecular weight is 551 g/mol. The summed E-state index contributed by atoms with van der Waals surface area (Å²) in [6.45, 7) is 3.92.